The van der Waals surface area contributed by atoms with Crippen LogP contribution in [0.5, 0.6) is 5.75 Å². The first-order valence-corrected chi connectivity index (χ1v) is 13.1. The van der Waals surface area contributed by atoms with Crippen molar-refractivity contribution in [1.82, 2.24) is 5.32 Å². The molecular weight excluding hydrogens is 516 g/mol. The minimum absolute atomic E-state index is 0.126. The van der Waals surface area contributed by atoms with Crippen LogP contribution in [0.25, 0.3) is 0 Å². The number of nitrogens with zero attached hydrogens (tertiary/aromatic N) is 2. The number of halogens is 1. The highest BCUT2D eigenvalue weighted by Gasteiger charge is 2.38. The van der Waals surface area contributed by atoms with Crippen molar-refractivity contribution < 1.29 is 9.53 Å². The Morgan fingerprint density at radius 1 is 1.28 bits per heavy atom. The van der Waals surface area contributed by atoms with E-state index in [2.05, 4.69) is 39.1 Å². The molecule has 0 saturated carbocycles. The molecule has 7 heteroatoms. The van der Waals surface area contributed by atoms with Crippen molar-refractivity contribution in [3.8, 4) is 11.8 Å². The molecule has 0 bridgehead atoms. The highest BCUT2D eigenvalue weighted by atomic mass is 79.9. The fourth-order valence-electron chi connectivity index (χ4n) is 5.55. The van der Waals surface area contributed by atoms with Crippen molar-refractivity contribution in [2.24, 2.45) is 5.92 Å². The number of nitrogen functional groups attached to an aromatic ring is 1. The van der Waals surface area contributed by atoms with Gasteiger partial charge in [0.1, 0.15) is 5.75 Å². The normalized spacial score (nSPS) is 19.5. The van der Waals surface area contributed by atoms with Gasteiger partial charge in [-0.3, -0.25) is 4.79 Å². The zero-order valence-electron chi connectivity index (χ0n) is 21.3. The summed E-state index contributed by atoms with van der Waals surface area (Å²) >= 11 is 3.73. The molecule has 6 nitrogen and oxygen atoms in total. The molecule has 0 spiro atoms. The van der Waals surface area contributed by atoms with Crippen LogP contribution in [0.2, 0.25) is 0 Å². The van der Waals surface area contributed by atoms with Crippen LogP contribution in [0, 0.1) is 17.2 Å². The Hall–Kier alpha value is -3.24. The summed E-state index contributed by atoms with van der Waals surface area (Å²) < 4.78 is 6.18. The highest BCUT2D eigenvalue weighted by molar-refractivity contribution is 9.10. The Labute approximate surface area is 221 Å². The van der Waals surface area contributed by atoms with E-state index in [1.54, 1.807) is 7.11 Å². The van der Waals surface area contributed by atoms with E-state index < -0.39 is 5.92 Å². The smallest absolute Gasteiger partial charge is 0.161 e. The van der Waals surface area contributed by atoms with E-state index in [0.717, 1.165) is 57.7 Å². The number of allylic oxidation sites excluding steroid dienone is 4. The average Bonchev–Trinajstić information content (AvgIpc) is 2.83. The maximum absolute atomic E-state index is 13.4. The molecule has 1 aliphatic carbocycles. The summed E-state index contributed by atoms with van der Waals surface area (Å²) in [7, 11) is 3.65. The molecule has 1 aliphatic heterocycles. The van der Waals surface area contributed by atoms with Gasteiger partial charge in [-0.2, -0.15) is 5.26 Å². The van der Waals surface area contributed by atoms with E-state index in [0.29, 0.717) is 35.7 Å². The lowest BCUT2D eigenvalue weighted by Crippen LogP contribution is -2.34. The van der Waals surface area contributed by atoms with Crippen LogP contribution in [-0.2, 0) is 11.3 Å². The summed E-state index contributed by atoms with van der Waals surface area (Å²) in [5.74, 6) is 0.858. The van der Waals surface area contributed by atoms with Crippen molar-refractivity contribution in [3.05, 3.63) is 74.5 Å². The standard InChI is InChI=1S/C29H33BrN4O2/c1-5-7-18-11-25-28(26(35)12-18)27(22(15-31)17(2)33-25)20-13-23(30)29(24(32)14-20)34(3)16-19-8-6-9-21(10-19)36-4/h6,8-10,13-14,18,27,33H,5,7,11-12,16,32H2,1-4H3. The molecular formula is C29H33BrN4O2. The van der Waals surface area contributed by atoms with Crippen LogP contribution in [0.1, 0.15) is 56.6 Å². The average molecular weight is 550 g/mol. The SMILES string of the molecule is CCCC1CC(=O)C2=C(C1)NC(C)=C(C#N)C2c1cc(N)c(N(C)Cc2cccc(OC)c2)c(Br)c1. The molecule has 2 atom stereocenters. The van der Waals surface area contributed by atoms with Crippen molar-refractivity contribution >= 4 is 33.1 Å². The molecule has 2 unspecified atom stereocenters. The quantitative estimate of drug-likeness (QED) is 0.400. The number of ketones is 1. The number of carbonyl (C=O) groups excluding carboxylic acids is 1. The number of anilines is 2. The number of methoxy groups -OCH3 is 1. The summed E-state index contributed by atoms with van der Waals surface area (Å²) in [6.45, 7) is 4.71. The summed E-state index contributed by atoms with van der Waals surface area (Å²) in [4.78, 5) is 15.5. The van der Waals surface area contributed by atoms with Crippen LogP contribution in [0.4, 0.5) is 11.4 Å². The highest BCUT2D eigenvalue weighted by Crippen LogP contribution is 2.46. The number of dihydropyridines is 1. The Kier molecular flexibility index (Phi) is 7.75. The van der Waals surface area contributed by atoms with Crippen molar-refractivity contribution in [2.45, 2.75) is 52.0 Å². The van der Waals surface area contributed by atoms with Gasteiger partial charge in [0.05, 0.1) is 36.0 Å². The minimum atomic E-state index is -0.419. The molecule has 0 aromatic heterocycles. The van der Waals surface area contributed by atoms with Crippen molar-refractivity contribution in [3.63, 3.8) is 0 Å². The summed E-state index contributed by atoms with van der Waals surface area (Å²) in [5, 5.41) is 13.4. The minimum Gasteiger partial charge on any atom is -0.497 e. The molecule has 3 N–H and O–H groups in total. The second-order valence-electron chi connectivity index (χ2n) is 9.73. The van der Waals surface area contributed by atoms with E-state index in [4.69, 9.17) is 10.5 Å². The number of nitrogens with two attached hydrogens (primary N) is 1. The van der Waals surface area contributed by atoms with E-state index in [1.165, 1.54) is 0 Å². The fourth-order valence-corrected chi connectivity index (χ4v) is 6.34. The van der Waals surface area contributed by atoms with Gasteiger partial charge in [-0.05, 0) is 77.0 Å². The number of carbonyl (C=O) groups is 1. The van der Waals surface area contributed by atoms with Gasteiger partial charge in [0, 0.05) is 41.5 Å². The second kappa shape index (κ2) is 10.8. The third-order valence-electron chi connectivity index (χ3n) is 7.11. The maximum Gasteiger partial charge on any atom is 0.161 e. The van der Waals surface area contributed by atoms with Gasteiger partial charge in [0.2, 0.25) is 0 Å². The molecule has 0 amide bonds. The number of hydrogen-bond donors (Lipinski definition) is 2. The van der Waals surface area contributed by atoms with Crippen molar-refractivity contribution in [1.29, 1.82) is 5.26 Å². The van der Waals surface area contributed by atoms with Gasteiger partial charge in [0.25, 0.3) is 0 Å². The lowest BCUT2D eigenvalue weighted by atomic mass is 9.72. The Bertz CT molecular complexity index is 1270. The summed E-state index contributed by atoms with van der Waals surface area (Å²) in [6.07, 6.45) is 3.44. The van der Waals surface area contributed by atoms with Crippen LogP contribution in [0.3, 0.4) is 0 Å². The largest absolute Gasteiger partial charge is 0.497 e. The first-order chi connectivity index (χ1) is 17.3. The Morgan fingerprint density at radius 3 is 2.72 bits per heavy atom. The van der Waals surface area contributed by atoms with Crippen LogP contribution in [-0.4, -0.2) is 19.9 Å². The summed E-state index contributed by atoms with van der Waals surface area (Å²) in [5.41, 5.74) is 13.1. The molecule has 0 saturated heterocycles. The van der Waals surface area contributed by atoms with Crippen molar-refractivity contribution in [2.75, 3.05) is 24.8 Å². The zero-order chi connectivity index (χ0) is 26.0. The molecule has 0 radical (unpaired) electrons. The number of nitrogens with one attached hydrogen (secondary N) is 1. The lowest BCUT2D eigenvalue weighted by Gasteiger charge is -2.36. The van der Waals surface area contributed by atoms with Gasteiger partial charge in [0.15, 0.2) is 5.78 Å². The second-order valence-corrected chi connectivity index (χ2v) is 10.6. The number of hydrogen-bond acceptors (Lipinski definition) is 6. The van der Waals surface area contributed by atoms with Gasteiger partial charge in [-0.15, -0.1) is 0 Å². The number of rotatable bonds is 7. The number of nitriles is 1. The summed E-state index contributed by atoms with van der Waals surface area (Å²) in [6, 6.07) is 14.2. The van der Waals surface area contributed by atoms with E-state index in [9.17, 15) is 10.1 Å². The monoisotopic (exact) mass is 548 g/mol. The third kappa shape index (κ3) is 5.01. The van der Waals surface area contributed by atoms with E-state index >= 15 is 0 Å². The van der Waals surface area contributed by atoms with Gasteiger partial charge < -0.3 is 20.7 Å². The Morgan fingerprint density at radius 2 is 2.06 bits per heavy atom. The number of benzene rings is 2. The molecule has 36 heavy (non-hydrogen) atoms. The molecule has 2 aromatic rings. The van der Waals surface area contributed by atoms with Crippen LogP contribution < -0.4 is 20.7 Å². The molecule has 0 fully saturated rings. The Balaban J connectivity index is 1.71. The van der Waals surface area contributed by atoms with E-state index in [-0.39, 0.29) is 5.78 Å². The van der Waals surface area contributed by atoms with Gasteiger partial charge >= 0.3 is 0 Å². The molecule has 188 valence electrons. The molecule has 2 aromatic carbocycles. The third-order valence-corrected chi connectivity index (χ3v) is 7.72. The molecule has 4 rings (SSSR count). The van der Waals surface area contributed by atoms with Crippen LogP contribution in [0.15, 0.2) is 63.4 Å². The predicted molar refractivity (Wildman–Crippen MR) is 148 cm³/mol. The topological polar surface area (TPSA) is 91.4 Å². The van der Waals surface area contributed by atoms with Gasteiger partial charge in [-0.25, -0.2) is 0 Å². The first kappa shape index (κ1) is 25.8. The lowest BCUT2D eigenvalue weighted by molar-refractivity contribution is -0.117. The van der Waals surface area contributed by atoms with Crippen LogP contribution >= 0.6 is 15.9 Å². The zero-order valence-corrected chi connectivity index (χ0v) is 22.9. The fraction of sp³-hybridized carbons (Fsp3) is 0.379. The number of Topliss-reactive ketones (excluding diaryl/α,β-unsaturated/α-hetero) is 1. The maximum atomic E-state index is 13.4. The van der Waals surface area contributed by atoms with E-state index in [1.807, 2.05) is 50.4 Å². The number of ether oxygens (including phenoxy) is 1. The molecule has 1 heterocycles. The molecule has 2 aliphatic rings. The predicted octanol–water partition coefficient (Wildman–Crippen LogP) is 6.19. The first-order valence-electron chi connectivity index (χ1n) is 12.3. The van der Waals surface area contributed by atoms with Gasteiger partial charge in [-0.1, -0.05) is 25.5 Å².